The van der Waals surface area contributed by atoms with Crippen molar-refractivity contribution in [1.82, 2.24) is 44.9 Å². The summed E-state index contributed by atoms with van der Waals surface area (Å²) < 4.78 is 0. The first kappa shape index (κ1) is 17.7. The third-order valence-electron chi connectivity index (χ3n) is 3.34. The van der Waals surface area contributed by atoms with Crippen LogP contribution in [0.1, 0.15) is 13.8 Å². The first-order valence-electron chi connectivity index (χ1n) is 7.58. The van der Waals surface area contributed by atoms with Gasteiger partial charge < -0.3 is 25.1 Å². The second kappa shape index (κ2) is 7.02. The van der Waals surface area contributed by atoms with Crippen LogP contribution in [0.2, 0.25) is 0 Å². The maximum atomic E-state index is 10.8. The van der Waals surface area contributed by atoms with Gasteiger partial charge in [0.2, 0.25) is 5.95 Å². The van der Waals surface area contributed by atoms with Crippen LogP contribution in [0.5, 0.6) is 0 Å². The van der Waals surface area contributed by atoms with E-state index < -0.39 is 21.5 Å². The molecule has 16 heteroatoms. The molecule has 0 aliphatic carbocycles. The first-order chi connectivity index (χ1) is 12.9. The van der Waals surface area contributed by atoms with Gasteiger partial charge in [-0.2, -0.15) is 15.0 Å². The van der Waals surface area contributed by atoms with Crippen molar-refractivity contribution >= 4 is 17.6 Å². The lowest BCUT2D eigenvalue weighted by atomic mass is 10.5. The van der Waals surface area contributed by atoms with Gasteiger partial charge in [0.25, 0.3) is 11.9 Å². The Labute approximate surface area is 149 Å². The van der Waals surface area contributed by atoms with Crippen LogP contribution in [0.25, 0.3) is 11.9 Å². The third-order valence-corrected chi connectivity index (χ3v) is 3.34. The van der Waals surface area contributed by atoms with E-state index in [0.717, 1.165) is 22.0 Å². The summed E-state index contributed by atoms with van der Waals surface area (Å²) >= 11 is 0. The van der Waals surface area contributed by atoms with Gasteiger partial charge in [0.1, 0.15) is 0 Å². The van der Waals surface area contributed by atoms with Gasteiger partial charge in [0, 0.05) is 13.1 Å². The van der Waals surface area contributed by atoms with Crippen LogP contribution in [0, 0.1) is 20.2 Å². The van der Waals surface area contributed by atoms with Crippen molar-refractivity contribution < 1.29 is 9.85 Å². The molecule has 0 atom stereocenters. The Morgan fingerprint density at radius 3 is 1.67 bits per heavy atom. The summed E-state index contributed by atoms with van der Waals surface area (Å²) in [4.78, 5) is 36.1. The number of anilines is 1. The summed E-state index contributed by atoms with van der Waals surface area (Å²) in [6.45, 7) is 4.86. The van der Waals surface area contributed by atoms with E-state index in [1.165, 1.54) is 0 Å². The van der Waals surface area contributed by atoms with Gasteiger partial charge in [0.05, 0.1) is 10.2 Å². The molecule has 0 saturated carbocycles. The predicted octanol–water partition coefficient (Wildman–Crippen LogP) is -0.304. The van der Waals surface area contributed by atoms with E-state index in [4.69, 9.17) is 0 Å². The quantitative estimate of drug-likeness (QED) is 0.387. The molecule has 0 amide bonds. The molecule has 0 radical (unpaired) electrons. The lowest BCUT2D eigenvalue weighted by Crippen LogP contribution is -2.26. The van der Waals surface area contributed by atoms with E-state index >= 15 is 0 Å². The fourth-order valence-electron chi connectivity index (χ4n) is 2.04. The van der Waals surface area contributed by atoms with Crippen molar-refractivity contribution in [3.8, 4) is 11.9 Å². The Morgan fingerprint density at radius 1 is 0.889 bits per heavy atom. The predicted molar refractivity (Wildman–Crippen MR) is 86.5 cm³/mol. The zero-order valence-corrected chi connectivity index (χ0v) is 14.1. The second-order valence-corrected chi connectivity index (χ2v) is 4.91. The van der Waals surface area contributed by atoms with Crippen molar-refractivity contribution in [1.29, 1.82) is 0 Å². The van der Waals surface area contributed by atoms with Crippen LogP contribution in [-0.2, 0) is 0 Å². The van der Waals surface area contributed by atoms with Gasteiger partial charge in [-0.3, -0.25) is 0 Å². The number of aromatic nitrogens is 9. The van der Waals surface area contributed by atoms with Crippen molar-refractivity contribution in [2.75, 3.05) is 18.0 Å². The van der Waals surface area contributed by atoms with E-state index in [2.05, 4.69) is 35.3 Å². The molecule has 16 nitrogen and oxygen atoms in total. The SMILES string of the molecule is CCN(CC)c1nc(-n2ncc([N+](=O)[O-])n2)nc(-n2ncc([N+](=O)[O-])n2)n1. The van der Waals surface area contributed by atoms with Crippen molar-refractivity contribution in [3.05, 3.63) is 32.6 Å². The summed E-state index contributed by atoms with van der Waals surface area (Å²) in [5.41, 5.74) is 0. The van der Waals surface area contributed by atoms with Gasteiger partial charge in [-0.1, -0.05) is 0 Å². The molecular formula is C11H12N12O4. The maximum absolute atomic E-state index is 10.8. The summed E-state index contributed by atoms with van der Waals surface area (Å²) in [5.74, 6) is -1.03. The molecule has 0 spiro atoms. The second-order valence-electron chi connectivity index (χ2n) is 4.91. The van der Waals surface area contributed by atoms with Gasteiger partial charge in [-0.05, 0) is 33.3 Å². The molecule has 0 aliphatic heterocycles. The van der Waals surface area contributed by atoms with Crippen molar-refractivity contribution in [2.45, 2.75) is 13.8 Å². The molecule has 3 aromatic heterocycles. The van der Waals surface area contributed by atoms with Gasteiger partial charge in [-0.25, -0.2) is 0 Å². The Morgan fingerprint density at radius 2 is 1.33 bits per heavy atom. The molecular weight excluding hydrogens is 364 g/mol. The van der Waals surface area contributed by atoms with Crippen molar-refractivity contribution in [3.63, 3.8) is 0 Å². The van der Waals surface area contributed by atoms with E-state index in [-0.39, 0.29) is 17.8 Å². The van der Waals surface area contributed by atoms with Crippen LogP contribution in [0.3, 0.4) is 0 Å². The number of nitrogens with zero attached hydrogens (tertiary/aromatic N) is 12. The Balaban J connectivity index is 2.12. The number of hydrogen-bond donors (Lipinski definition) is 0. The van der Waals surface area contributed by atoms with Gasteiger partial charge in [-0.15, -0.1) is 10.2 Å². The maximum Gasteiger partial charge on any atom is 0.410 e. The normalized spacial score (nSPS) is 10.7. The molecule has 0 bridgehead atoms. The first-order valence-corrected chi connectivity index (χ1v) is 7.58. The Hall–Kier alpha value is -4.11. The van der Waals surface area contributed by atoms with Gasteiger partial charge in [0.15, 0.2) is 12.4 Å². The number of rotatable bonds is 7. The van der Waals surface area contributed by atoms with Gasteiger partial charge >= 0.3 is 11.6 Å². The molecule has 3 aromatic rings. The van der Waals surface area contributed by atoms with Crippen LogP contribution < -0.4 is 4.90 Å². The smallest absolute Gasteiger partial charge is 0.358 e. The van der Waals surface area contributed by atoms with Crippen LogP contribution in [0.15, 0.2) is 12.4 Å². The summed E-state index contributed by atoms with van der Waals surface area (Å²) in [7, 11) is 0. The summed E-state index contributed by atoms with van der Waals surface area (Å²) in [5, 5.41) is 36.5. The highest BCUT2D eigenvalue weighted by atomic mass is 16.6. The minimum Gasteiger partial charge on any atom is -0.358 e. The molecule has 0 fully saturated rings. The fraction of sp³-hybridized carbons (Fsp3) is 0.364. The molecule has 3 rings (SSSR count). The van der Waals surface area contributed by atoms with E-state index in [9.17, 15) is 20.2 Å². The molecule has 0 saturated heterocycles. The van der Waals surface area contributed by atoms with Crippen LogP contribution >= 0.6 is 0 Å². The zero-order valence-electron chi connectivity index (χ0n) is 14.1. The summed E-state index contributed by atoms with van der Waals surface area (Å²) in [6.07, 6.45) is 1.88. The highest BCUT2D eigenvalue weighted by Crippen LogP contribution is 2.14. The molecule has 140 valence electrons. The number of hydrogen-bond acceptors (Lipinski definition) is 12. The highest BCUT2D eigenvalue weighted by molar-refractivity contribution is 5.35. The Kier molecular flexibility index (Phi) is 4.60. The topological polar surface area (TPSA) is 190 Å². The van der Waals surface area contributed by atoms with E-state index in [1.807, 2.05) is 13.8 Å². The molecule has 0 aromatic carbocycles. The van der Waals surface area contributed by atoms with Crippen LogP contribution in [0.4, 0.5) is 17.6 Å². The standard InChI is InChI=1S/C11H12N12O4/c1-3-19(4-2)9-14-10(20-12-5-7(17-20)22(24)25)16-11(15-9)21-13-6-8(18-21)23(26)27/h5-6H,3-4H2,1-2H3. The Bertz CT molecular complexity index is 922. The van der Waals surface area contributed by atoms with E-state index in [1.54, 1.807) is 4.90 Å². The largest absolute Gasteiger partial charge is 0.410 e. The van der Waals surface area contributed by atoms with E-state index in [0.29, 0.717) is 13.1 Å². The highest BCUT2D eigenvalue weighted by Gasteiger charge is 2.23. The molecule has 0 aliphatic rings. The number of nitro groups is 2. The molecule has 0 N–H and O–H groups in total. The molecule has 27 heavy (non-hydrogen) atoms. The zero-order chi connectivity index (χ0) is 19.6. The monoisotopic (exact) mass is 376 g/mol. The van der Waals surface area contributed by atoms with Crippen LogP contribution in [-0.4, -0.2) is 67.9 Å². The summed E-state index contributed by atoms with van der Waals surface area (Å²) in [6, 6.07) is 0. The minimum absolute atomic E-state index is 0.130. The fourth-order valence-corrected chi connectivity index (χ4v) is 2.04. The minimum atomic E-state index is -0.713. The average Bonchev–Trinajstić information content (AvgIpc) is 3.32. The molecule has 3 heterocycles. The van der Waals surface area contributed by atoms with Crippen molar-refractivity contribution in [2.24, 2.45) is 0 Å². The molecule has 0 unspecified atom stereocenters. The average molecular weight is 376 g/mol. The lowest BCUT2D eigenvalue weighted by molar-refractivity contribution is -0.389. The lowest BCUT2D eigenvalue weighted by Gasteiger charge is -2.18. The third kappa shape index (κ3) is 3.48.